The van der Waals surface area contributed by atoms with Gasteiger partial charge in [-0.2, -0.15) is 0 Å². The average molecular weight is 355 g/mol. The number of pyridine rings is 1. The summed E-state index contributed by atoms with van der Waals surface area (Å²) in [6, 6.07) is 17.0. The van der Waals surface area contributed by atoms with E-state index in [2.05, 4.69) is 9.97 Å². The number of fused-ring (bicyclic) bond motifs is 1. The molecular formula is C22H17N3O2. The van der Waals surface area contributed by atoms with Gasteiger partial charge in [-0.3, -0.25) is 4.79 Å². The normalized spacial score (nSPS) is 10.7. The molecule has 4 rings (SSSR count). The van der Waals surface area contributed by atoms with Gasteiger partial charge in [0.2, 0.25) is 0 Å². The number of nitrogens with zero attached hydrogens (tertiary/aromatic N) is 3. The highest BCUT2D eigenvalue weighted by Gasteiger charge is 2.14. The van der Waals surface area contributed by atoms with Gasteiger partial charge in [-0.1, -0.05) is 24.3 Å². The van der Waals surface area contributed by atoms with Crippen molar-refractivity contribution in [3.8, 4) is 28.5 Å². The van der Waals surface area contributed by atoms with E-state index in [1.165, 1.54) is 0 Å². The Labute approximate surface area is 156 Å². The van der Waals surface area contributed by atoms with Crippen molar-refractivity contribution in [3.05, 3.63) is 71.9 Å². The minimum absolute atomic E-state index is 0.556. The summed E-state index contributed by atoms with van der Waals surface area (Å²) < 4.78 is 5.47. The van der Waals surface area contributed by atoms with Crippen LogP contribution in [-0.4, -0.2) is 28.3 Å². The van der Waals surface area contributed by atoms with Crippen molar-refractivity contribution in [1.29, 1.82) is 0 Å². The van der Waals surface area contributed by atoms with Crippen LogP contribution in [0.3, 0.4) is 0 Å². The van der Waals surface area contributed by atoms with E-state index in [4.69, 9.17) is 9.72 Å². The molecule has 0 unspecified atom stereocenters. The largest absolute Gasteiger partial charge is 0.496 e. The molecule has 0 aliphatic carbocycles. The minimum atomic E-state index is 0.556. The number of methoxy groups -OCH3 is 1. The molecule has 0 radical (unpaired) electrons. The van der Waals surface area contributed by atoms with Gasteiger partial charge < -0.3 is 4.74 Å². The maximum absolute atomic E-state index is 11.2. The summed E-state index contributed by atoms with van der Waals surface area (Å²) in [4.78, 5) is 25.1. The zero-order valence-electron chi connectivity index (χ0n) is 15.0. The molecule has 27 heavy (non-hydrogen) atoms. The SMILES string of the molecule is COc1ccc(C=O)cc1-c1nc(-c2ncc3ccccc3n2)ccc1C. The van der Waals surface area contributed by atoms with Gasteiger partial charge in [-0.05, 0) is 42.8 Å². The van der Waals surface area contributed by atoms with E-state index < -0.39 is 0 Å². The number of ether oxygens (including phenoxy) is 1. The summed E-state index contributed by atoms with van der Waals surface area (Å²) in [7, 11) is 1.60. The summed E-state index contributed by atoms with van der Waals surface area (Å²) in [5.74, 6) is 1.22. The van der Waals surface area contributed by atoms with Crippen LogP contribution in [0.4, 0.5) is 0 Å². The number of aldehydes is 1. The van der Waals surface area contributed by atoms with Crippen LogP contribution in [-0.2, 0) is 0 Å². The number of aryl methyl sites for hydroxylation is 1. The summed E-state index contributed by atoms with van der Waals surface area (Å²) in [5.41, 5.74) is 4.58. The smallest absolute Gasteiger partial charge is 0.178 e. The van der Waals surface area contributed by atoms with Gasteiger partial charge >= 0.3 is 0 Å². The summed E-state index contributed by atoms with van der Waals surface area (Å²) in [6.45, 7) is 1.97. The molecule has 0 fully saturated rings. The predicted octanol–water partition coefficient (Wildman–Crippen LogP) is 4.49. The molecule has 5 nitrogen and oxygen atoms in total. The first-order valence-corrected chi connectivity index (χ1v) is 8.53. The van der Waals surface area contributed by atoms with Gasteiger partial charge in [0.15, 0.2) is 5.82 Å². The molecule has 2 aromatic carbocycles. The van der Waals surface area contributed by atoms with Crippen LogP contribution in [0.5, 0.6) is 5.75 Å². The molecule has 0 atom stereocenters. The summed E-state index contributed by atoms with van der Waals surface area (Å²) in [6.07, 6.45) is 2.61. The summed E-state index contributed by atoms with van der Waals surface area (Å²) in [5, 5.41) is 0.980. The number of para-hydroxylation sites is 1. The van der Waals surface area contributed by atoms with Crippen molar-refractivity contribution < 1.29 is 9.53 Å². The molecule has 0 spiro atoms. The second-order valence-corrected chi connectivity index (χ2v) is 6.19. The average Bonchev–Trinajstić information content (AvgIpc) is 2.73. The second kappa shape index (κ2) is 6.96. The zero-order valence-corrected chi connectivity index (χ0v) is 15.0. The van der Waals surface area contributed by atoms with Crippen LogP contribution in [0.25, 0.3) is 33.7 Å². The lowest BCUT2D eigenvalue weighted by molar-refractivity contribution is 0.112. The standard InChI is InChI=1S/C22H17N3O2/c1-14-7-9-19(22-23-12-16-5-3-4-6-18(16)25-22)24-21(14)17-11-15(13-26)8-10-20(17)27-2/h3-13H,1-2H3. The molecule has 0 aliphatic heterocycles. The van der Waals surface area contributed by atoms with Gasteiger partial charge in [-0.15, -0.1) is 0 Å². The van der Waals surface area contributed by atoms with Crippen LogP contribution in [0.15, 0.2) is 60.8 Å². The third kappa shape index (κ3) is 3.15. The Morgan fingerprint density at radius 3 is 2.67 bits per heavy atom. The van der Waals surface area contributed by atoms with Gasteiger partial charge in [0.05, 0.1) is 18.3 Å². The lowest BCUT2D eigenvalue weighted by Crippen LogP contribution is -1.98. The first-order chi connectivity index (χ1) is 13.2. The fourth-order valence-electron chi connectivity index (χ4n) is 3.01. The zero-order chi connectivity index (χ0) is 18.8. The van der Waals surface area contributed by atoms with Crippen molar-refractivity contribution in [1.82, 2.24) is 15.0 Å². The topological polar surface area (TPSA) is 65.0 Å². The highest BCUT2D eigenvalue weighted by Crippen LogP contribution is 2.33. The molecule has 0 saturated heterocycles. The summed E-state index contributed by atoms with van der Waals surface area (Å²) >= 11 is 0. The molecule has 0 aliphatic rings. The molecule has 0 amide bonds. The quantitative estimate of drug-likeness (QED) is 0.505. The van der Waals surface area contributed by atoms with Crippen molar-refractivity contribution in [2.45, 2.75) is 6.92 Å². The molecular weight excluding hydrogens is 338 g/mol. The number of carbonyl (C=O) groups is 1. The van der Waals surface area contributed by atoms with E-state index >= 15 is 0 Å². The minimum Gasteiger partial charge on any atom is -0.496 e. The van der Waals surface area contributed by atoms with Crippen molar-refractivity contribution >= 4 is 17.2 Å². The molecule has 0 N–H and O–H groups in total. The van der Waals surface area contributed by atoms with Gasteiger partial charge in [0.25, 0.3) is 0 Å². The Morgan fingerprint density at radius 2 is 1.85 bits per heavy atom. The van der Waals surface area contributed by atoms with Crippen LogP contribution in [0, 0.1) is 6.92 Å². The number of aromatic nitrogens is 3. The number of carbonyl (C=O) groups excluding carboxylic acids is 1. The van der Waals surface area contributed by atoms with E-state index in [-0.39, 0.29) is 0 Å². The molecule has 0 saturated carbocycles. The maximum atomic E-state index is 11.2. The monoisotopic (exact) mass is 355 g/mol. The molecule has 2 aromatic heterocycles. The van der Waals surface area contributed by atoms with Gasteiger partial charge in [-0.25, -0.2) is 15.0 Å². The Morgan fingerprint density at radius 1 is 1.00 bits per heavy atom. The number of rotatable bonds is 4. The highest BCUT2D eigenvalue weighted by atomic mass is 16.5. The third-order valence-corrected chi connectivity index (χ3v) is 4.43. The molecule has 132 valence electrons. The van der Waals surface area contributed by atoms with Crippen LogP contribution in [0.1, 0.15) is 15.9 Å². The molecule has 0 bridgehead atoms. The van der Waals surface area contributed by atoms with Crippen molar-refractivity contribution in [2.75, 3.05) is 7.11 Å². The predicted molar refractivity (Wildman–Crippen MR) is 105 cm³/mol. The van der Waals surface area contributed by atoms with Crippen LogP contribution >= 0.6 is 0 Å². The van der Waals surface area contributed by atoms with Crippen molar-refractivity contribution in [3.63, 3.8) is 0 Å². The Hall–Kier alpha value is -3.60. The second-order valence-electron chi connectivity index (χ2n) is 6.19. The molecule has 4 aromatic rings. The van der Waals surface area contributed by atoms with E-state index in [0.29, 0.717) is 22.8 Å². The van der Waals surface area contributed by atoms with E-state index in [1.807, 2.05) is 43.3 Å². The first kappa shape index (κ1) is 16.8. The fourth-order valence-corrected chi connectivity index (χ4v) is 3.01. The fraction of sp³-hybridized carbons (Fsp3) is 0.0909. The van der Waals surface area contributed by atoms with Gasteiger partial charge in [0, 0.05) is 22.7 Å². The molecule has 2 heterocycles. The number of hydrogen-bond acceptors (Lipinski definition) is 5. The van der Waals surface area contributed by atoms with Crippen LogP contribution in [0.2, 0.25) is 0 Å². The molecule has 5 heteroatoms. The Kier molecular flexibility index (Phi) is 4.34. The van der Waals surface area contributed by atoms with Gasteiger partial charge in [0.1, 0.15) is 17.7 Å². The lowest BCUT2D eigenvalue weighted by atomic mass is 10.0. The maximum Gasteiger partial charge on any atom is 0.178 e. The van der Waals surface area contributed by atoms with Crippen molar-refractivity contribution in [2.24, 2.45) is 0 Å². The number of hydrogen-bond donors (Lipinski definition) is 0. The van der Waals surface area contributed by atoms with E-state index in [0.717, 1.165) is 34.0 Å². The lowest BCUT2D eigenvalue weighted by Gasteiger charge is -2.12. The Bertz CT molecular complexity index is 1160. The highest BCUT2D eigenvalue weighted by molar-refractivity contribution is 5.82. The first-order valence-electron chi connectivity index (χ1n) is 8.53. The third-order valence-electron chi connectivity index (χ3n) is 4.43. The Balaban J connectivity index is 1.88. The van der Waals surface area contributed by atoms with Crippen LogP contribution < -0.4 is 4.74 Å². The van der Waals surface area contributed by atoms with E-state index in [1.54, 1.807) is 31.5 Å². The van der Waals surface area contributed by atoms with E-state index in [9.17, 15) is 4.79 Å². The number of benzene rings is 2.